The molecule has 2 N–H and O–H groups in total. The monoisotopic (exact) mass is 298 g/mol. The lowest BCUT2D eigenvalue weighted by Crippen LogP contribution is -2.58. The van der Waals surface area contributed by atoms with Gasteiger partial charge in [0.1, 0.15) is 0 Å². The Balaban J connectivity index is 1.85. The highest BCUT2D eigenvalue weighted by molar-refractivity contribution is 7.07. The smallest absolute Gasteiger partial charge is 0.255 e. The van der Waals surface area contributed by atoms with E-state index >= 15 is 0 Å². The number of nitrogens with one attached hydrogen (secondary N) is 1. The molecular formula is C14H22N2O3S. The molecule has 5 nitrogen and oxygen atoms in total. The number of hydrogen-bond acceptors (Lipinski definition) is 5. The molecule has 2 heterocycles. The first-order chi connectivity index (χ1) is 9.65. The Bertz CT molecular complexity index is 424. The lowest BCUT2D eigenvalue weighted by molar-refractivity contribution is -0.157. The molecule has 1 aliphatic heterocycles. The number of methoxy groups -OCH3 is 1. The third-order valence-electron chi connectivity index (χ3n) is 3.60. The van der Waals surface area contributed by atoms with E-state index in [0.29, 0.717) is 39.2 Å². The van der Waals surface area contributed by atoms with Gasteiger partial charge in [-0.2, -0.15) is 11.3 Å². The van der Waals surface area contributed by atoms with Gasteiger partial charge in [-0.3, -0.25) is 4.79 Å². The number of aliphatic hydroxyl groups is 1. The van der Waals surface area contributed by atoms with E-state index in [9.17, 15) is 9.90 Å². The standard InChI is InChI=1S/C14H22N2O3S/c1-19-7-6-16-5-2-4-14(18,13(16)17)11-15-9-12-3-8-20-10-12/h3,8,10,15,18H,2,4-7,9,11H2,1H3. The number of ether oxygens (including phenoxy) is 1. The maximum absolute atomic E-state index is 12.3. The zero-order valence-corrected chi connectivity index (χ0v) is 12.6. The van der Waals surface area contributed by atoms with E-state index in [1.165, 1.54) is 5.56 Å². The van der Waals surface area contributed by atoms with Crippen molar-refractivity contribution in [1.29, 1.82) is 0 Å². The number of amides is 1. The Morgan fingerprint density at radius 2 is 2.45 bits per heavy atom. The highest BCUT2D eigenvalue weighted by atomic mass is 32.1. The first kappa shape index (κ1) is 15.4. The van der Waals surface area contributed by atoms with Crippen molar-refractivity contribution in [3.63, 3.8) is 0 Å². The molecule has 1 aliphatic rings. The van der Waals surface area contributed by atoms with Crippen molar-refractivity contribution >= 4 is 17.2 Å². The van der Waals surface area contributed by atoms with E-state index in [2.05, 4.69) is 10.7 Å². The molecule has 1 unspecified atom stereocenters. The SMILES string of the molecule is COCCN1CCCC(O)(CNCc2ccsc2)C1=O. The highest BCUT2D eigenvalue weighted by Crippen LogP contribution is 2.22. The van der Waals surface area contributed by atoms with E-state index in [4.69, 9.17) is 4.74 Å². The molecule has 0 bridgehead atoms. The quantitative estimate of drug-likeness (QED) is 0.783. The summed E-state index contributed by atoms with van der Waals surface area (Å²) in [5.41, 5.74) is -0.0970. The summed E-state index contributed by atoms with van der Waals surface area (Å²) in [5.74, 6) is -0.182. The van der Waals surface area contributed by atoms with Crippen molar-refractivity contribution in [2.75, 3.05) is 33.4 Å². The number of likely N-dealkylation sites (tertiary alicyclic amines) is 1. The topological polar surface area (TPSA) is 61.8 Å². The van der Waals surface area contributed by atoms with Crippen molar-refractivity contribution in [2.45, 2.75) is 25.0 Å². The first-order valence-electron chi connectivity index (χ1n) is 6.88. The van der Waals surface area contributed by atoms with Crippen LogP contribution in [0.1, 0.15) is 18.4 Å². The molecule has 0 saturated carbocycles. The van der Waals surface area contributed by atoms with Gasteiger partial charge in [-0.25, -0.2) is 0 Å². The normalized spacial score (nSPS) is 23.3. The number of carbonyl (C=O) groups excluding carboxylic acids is 1. The molecule has 0 aromatic carbocycles. The fourth-order valence-corrected chi connectivity index (χ4v) is 3.12. The molecule has 1 aromatic heterocycles. The van der Waals surface area contributed by atoms with Gasteiger partial charge in [0.15, 0.2) is 5.60 Å². The summed E-state index contributed by atoms with van der Waals surface area (Å²) in [7, 11) is 1.61. The van der Waals surface area contributed by atoms with E-state index in [1.807, 2.05) is 11.4 Å². The minimum Gasteiger partial charge on any atom is -0.383 e. The van der Waals surface area contributed by atoms with Crippen LogP contribution in [-0.4, -0.2) is 54.9 Å². The Morgan fingerprint density at radius 1 is 1.60 bits per heavy atom. The summed E-state index contributed by atoms with van der Waals surface area (Å²) in [6.07, 6.45) is 1.35. The van der Waals surface area contributed by atoms with Gasteiger partial charge in [-0.1, -0.05) is 0 Å². The van der Waals surface area contributed by atoms with E-state index in [-0.39, 0.29) is 5.91 Å². The average Bonchev–Trinajstić information content (AvgIpc) is 2.94. The van der Waals surface area contributed by atoms with Crippen molar-refractivity contribution < 1.29 is 14.6 Å². The third-order valence-corrected chi connectivity index (χ3v) is 4.33. The average molecular weight is 298 g/mol. The molecule has 0 spiro atoms. The van der Waals surface area contributed by atoms with Crippen molar-refractivity contribution in [2.24, 2.45) is 0 Å². The number of hydrogen-bond donors (Lipinski definition) is 2. The zero-order valence-electron chi connectivity index (χ0n) is 11.8. The first-order valence-corrected chi connectivity index (χ1v) is 7.82. The molecule has 6 heteroatoms. The van der Waals surface area contributed by atoms with Crippen molar-refractivity contribution in [1.82, 2.24) is 10.2 Å². The predicted octanol–water partition coefficient (Wildman–Crippen LogP) is 0.838. The number of thiophene rings is 1. The molecule has 20 heavy (non-hydrogen) atoms. The van der Waals surface area contributed by atoms with Gasteiger partial charge in [0.2, 0.25) is 0 Å². The van der Waals surface area contributed by atoms with Gasteiger partial charge in [0.05, 0.1) is 6.61 Å². The second-order valence-corrected chi connectivity index (χ2v) is 5.94. The maximum atomic E-state index is 12.3. The maximum Gasteiger partial charge on any atom is 0.255 e. The van der Waals surface area contributed by atoms with Gasteiger partial charge in [-0.15, -0.1) is 0 Å². The minimum atomic E-state index is -1.28. The van der Waals surface area contributed by atoms with Gasteiger partial charge in [0, 0.05) is 33.3 Å². The Kier molecular flexibility index (Phi) is 5.54. The second-order valence-electron chi connectivity index (χ2n) is 5.16. The Hall–Kier alpha value is -0.950. The molecule has 112 valence electrons. The molecule has 1 saturated heterocycles. The van der Waals surface area contributed by atoms with E-state index in [0.717, 1.165) is 6.42 Å². The van der Waals surface area contributed by atoms with Crippen LogP contribution in [0.4, 0.5) is 0 Å². The molecule has 2 rings (SSSR count). The summed E-state index contributed by atoms with van der Waals surface area (Å²) in [5, 5.41) is 17.8. The molecule has 0 aliphatic carbocycles. The van der Waals surface area contributed by atoms with Gasteiger partial charge in [0.25, 0.3) is 5.91 Å². The summed E-state index contributed by atoms with van der Waals surface area (Å²) in [6, 6.07) is 2.04. The van der Waals surface area contributed by atoms with Crippen LogP contribution in [0.15, 0.2) is 16.8 Å². The molecule has 1 atom stereocenters. The fraction of sp³-hybridized carbons (Fsp3) is 0.643. The summed E-state index contributed by atoms with van der Waals surface area (Å²) >= 11 is 1.64. The summed E-state index contributed by atoms with van der Waals surface area (Å²) < 4.78 is 5.00. The van der Waals surface area contributed by atoms with Gasteiger partial charge >= 0.3 is 0 Å². The second kappa shape index (κ2) is 7.17. The van der Waals surface area contributed by atoms with E-state index < -0.39 is 5.60 Å². The number of rotatable bonds is 7. The van der Waals surface area contributed by atoms with Gasteiger partial charge in [-0.05, 0) is 35.2 Å². The fourth-order valence-electron chi connectivity index (χ4n) is 2.45. The molecule has 1 aromatic rings. The molecule has 1 fully saturated rings. The minimum absolute atomic E-state index is 0.182. The van der Waals surface area contributed by atoms with Crippen LogP contribution in [0.2, 0.25) is 0 Å². The molecular weight excluding hydrogens is 276 g/mol. The largest absolute Gasteiger partial charge is 0.383 e. The van der Waals surface area contributed by atoms with Gasteiger partial charge < -0.3 is 20.1 Å². The van der Waals surface area contributed by atoms with Crippen molar-refractivity contribution in [3.8, 4) is 0 Å². The Morgan fingerprint density at radius 3 is 3.15 bits per heavy atom. The van der Waals surface area contributed by atoms with E-state index in [1.54, 1.807) is 23.3 Å². The van der Waals surface area contributed by atoms with Crippen LogP contribution >= 0.6 is 11.3 Å². The van der Waals surface area contributed by atoms with Crippen LogP contribution in [0.5, 0.6) is 0 Å². The van der Waals surface area contributed by atoms with Crippen LogP contribution in [0.25, 0.3) is 0 Å². The number of nitrogens with zero attached hydrogens (tertiary/aromatic N) is 1. The van der Waals surface area contributed by atoms with Crippen molar-refractivity contribution in [3.05, 3.63) is 22.4 Å². The summed E-state index contributed by atoms with van der Waals surface area (Å²) in [4.78, 5) is 14.0. The molecule has 0 radical (unpaired) electrons. The molecule has 1 amide bonds. The third kappa shape index (κ3) is 3.79. The Labute approximate surface area is 123 Å². The van der Waals surface area contributed by atoms with Crippen LogP contribution in [0, 0.1) is 0 Å². The number of carbonyl (C=O) groups is 1. The lowest BCUT2D eigenvalue weighted by Gasteiger charge is -2.38. The lowest BCUT2D eigenvalue weighted by atomic mass is 9.91. The zero-order chi connectivity index (χ0) is 14.4. The number of piperidine rings is 1. The summed E-state index contributed by atoms with van der Waals surface area (Å²) in [6.45, 7) is 2.73. The highest BCUT2D eigenvalue weighted by Gasteiger charge is 2.41. The predicted molar refractivity (Wildman–Crippen MR) is 78.7 cm³/mol. The van der Waals surface area contributed by atoms with Crippen LogP contribution in [-0.2, 0) is 16.1 Å². The van der Waals surface area contributed by atoms with Crippen LogP contribution in [0.3, 0.4) is 0 Å². The van der Waals surface area contributed by atoms with Crippen LogP contribution < -0.4 is 5.32 Å².